The predicted molar refractivity (Wildman–Crippen MR) is 102 cm³/mol. The zero-order chi connectivity index (χ0) is 17.8. The van der Waals surface area contributed by atoms with Crippen molar-refractivity contribution in [3.05, 3.63) is 65.9 Å². The Morgan fingerprint density at radius 3 is 2.65 bits per heavy atom. The molecule has 1 aliphatic heterocycles. The Morgan fingerprint density at radius 1 is 1.08 bits per heavy atom. The van der Waals surface area contributed by atoms with E-state index in [9.17, 15) is 0 Å². The van der Waals surface area contributed by atoms with Gasteiger partial charge in [0.2, 0.25) is 0 Å². The topological polar surface area (TPSA) is 50.5 Å². The number of oxazole rings is 1. The lowest BCUT2D eigenvalue weighted by molar-refractivity contribution is 0.0342. The van der Waals surface area contributed by atoms with Gasteiger partial charge in [0.15, 0.2) is 5.76 Å². The summed E-state index contributed by atoms with van der Waals surface area (Å²) in [5.41, 5.74) is 4.49. The van der Waals surface area contributed by atoms with E-state index in [0.29, 0.717) is 6.01 Å². The van der Waals surface area contributed by atoms with Crippen molar-refractivity contribution >= 4 is 11.7 Å². The van der Waals surface area contributed by atoms with Crippen molar-refractivity contribution in [3.8, 4) is 11.3 Å². The lowest BCUT2D eigenvalue weighted by atomic mass is 10.1. The van der Waals surface area contributed by atoms with Crippen molar-refractivity contribution < 1.29 is 9.15 Å². The van der Waals surface area contributed by atoms with E-state index in [0.717, 1.165) is 49.9 Å². The van der Waals surface area contributed by atoms with E-state index in [2.05, 4.69) is 58.5 Å². The molecule has 1 aromatic heterocycles. The molecule has 2 aromatic carbocycles. The van der Waals surface area contributed by atoms with Crippen LogP contribution >= 0.6 is 0 Å². The third kappa shape index (κ3) is 4.12. The van der Waals surface area contributed by atoms with Crippen molar-refractivity contribution in [1.82, 2.24) is 9.88 Å². The molecule has 0 unspecified atom stereocenters. The second kappa shape index (κ2) is 7.72. The minimum Gasteiger partial charge on any atom is -0.423 e. The summed E-state index contributed by atoms with van der Waals surface area (Å²) < 4.78 is 11.2. The molecule has 26 heavy (non-hydrogen) atoms. The number of aromatic nitrogens is 1. The zero-order valence-corrected chi connectivity index (χ0v) is 14.9. The lowest BCUT2D eigenvalue weighted by Gasteiger charge is -2.26. The Morgan fingerprint density at radius 2 is 1.88 bits per heavy atom. The first-order valence-corrected chi connectivity index (χ1v) is 8.95. The second-order valence-corrected chi connectivity index (χ2v) is 6.61. The summed E-state index contributed by atoms with van der Waals surface area (Å²) in [5.74, 6) is 0.764. The second-order valence-electron chi connectivity index (χ2n) is 6.61. The molecule has 0 atom stereocenters. The number of anilines is 2. The van der Waals surface area contributed by atoms with E-state index >= 15 is 0 Å². The number of benzene rings is 2. The number of ether oxygens (including phenoxy) is 1. The van der Waals surface area contributed by atoms with Crippen LogP contribution < -0.4 is 5.32 Å². The molecular formula is C21H23N3O2. The highest BCUT2D eigenvalue weighted by Gasteiger charge is 2.11. The van der Waals surface area contributed by atoms with Crippen LogP contribution in [-0.4, -0.2) is 36.2 Å². The molecule has 1 saturated heterocycles. The van der Waals surface area contributed by atoms with Crippen LogP contribution in [0, 0.1) is 6.92 Å². The average Bonchev–Trinajstić information content (AvgIpc) is 3.13. The summed E-state index contributed by atoms with van der Waals surface area (Å²) in [4.78, 5) is 6.74. The maximum Gasteiger partial charge on any atom is 0.299 e. The molecule has 0 radical (unpaired) electrons. The number of nitrogens with zero attached hydrogens (tertiary/aromatic N) is 2. The molecular weight excluding hydrogens is 326 g/mol. The Labute approximate surface area is 153 Å². The van der Waals surface area contributed by atoms with Gasteiger partial charge in [0.25, 0.3) is 6.01 Å². The van der Waals surface area contributed by atoms with E-state index in [4.69, 9.17) is 9.15 Å². The first-order chi connectivity index (χ1) is 12.8. The first-order valence-electron chi connectivity index (χ1n) is 8.95. The van der Waals surface area contributed by atoms with Crippen molar-refractivity contribution in [3.63, 3.8) is 0 Å². The maximum absolute atomic E-state index is 5.84. The van der Waals surface area contributed by atoms with Gasteiger partial charge < -0.3 is 14.5 Å². The van der Waals surface area contributed by atoms with Crippen LogP contribution in [0.4, 0.5) is 11.7 Å². The minimum atomic E-state index is 0.502. The van der Waals surface area contributed by atoms with E-state index in [1.807, 2.05) is 12.1 Å². The molecule has 1 N–H and O–H groups in total. The summed E-state index contributed by atoms with van der Waals surface area (Å²) in [6.45, 7) is 6.67. The Hall–Kier alpha value is -2.63. The molecule has 0 aliphatic carbocycles. The first kappa shape index (κ1) is 16.8. The number of morpholine rings is 1. The third-order valence-corrected chi connectivity index (χ3v) is 4.52. The SMILES string of the molecule is Cc1cccc(-c2cnc(Nc3ccc(CN4CCOCC4)cc3)o2)c1. The van der Waals surface area contributed by atoms with Crippen LogP contribution in [-0.2, 0) is 11.3 Å². The largest absolute Gasteiger partial charge is 0.423 e. The van der Waals surface area contributed by atoms with Crippen LogP contribution in [0.25, 0.3) is 11.3 Å². The fourth-order valence-electron chi connectivity index (χ4n) is 3.10. The van der Waals surface area contributed by atoms with Crippen LogP contribution in [0.3, 0.4) is 0 Å². The van der Waals surface area contributed by atoms with Gasteiger partial charge >= 0.3 is 0 Å². The molecule has 5 nitrogen and oxygen atoms in total. The van der Waals surface area contributed by atoms with E-state index in [1.165, 1.54) is 11.1 Å². The van der Waals surface area contributed by atoms with E-state index in [-0.39, 0.29) is 0 Å². The number of nitrogens with one attached hydrogen (secondary N) is 1. The molecule has 0 saturated carbocycles. The van der Waals surface area contributed by atoms with Gasteiger partial charge in [0.05, 0.1) is 19.4 Å². The fraction of sp³-hybridized carbons (Fsp3) is 0.286. The minimum absolute atomic E-state index is 0.502. The van der Waals surface area contributed by atoms with Gasteiger partial charge in [-0.05, 0) is 30.7 Å². The van der Waals surface area contributed by atoms with Crippen molar-refractivity contribution in [2.24, 2.45) is 0 Å². The maximum atomic E-state index is 5.84. The molecule has 4 rings (SSSR count). The molecule has 2 heterocycles. The van der Waals surface area contributed by atoms with E-state index in [1.54, 1.807) is 6.20 Å². The number of aryl methyl sites for hydroxylation is 1. The molecule has 0 amide bonds. The number of rotatable bonds is 5. The molecule has 0 bridgehead atoms. The normalized spacial score (nSPS) is 15.1. The molecule has 3 aromatic rings. The summed E-state index contributed by atoms with van der Waals surface area (Å²) in [5, 5.41) is 3.23. The smallest absolute Gasteiger partial charge is 0.299 e. The average molecular weight is 349 g/mol. The van der Waals surface area contributed by atoms with Crippen LogP contribution in [0.1, 0.15) is 11.1 Å². The lowest BCUT2D eigenvalue weighted by Crippen LogP contribution is -2.35. The molecule has 5 heteroatoms. The Kier molecular flexibility index (Phi) is 5.00. The summed E-state index contributed by atoms with van der Waals surface area (Å²) in [6.07, 6.45) is 1.75. The van der Waals surface area contributed by atoms with Gasteiger partial charge in [-0.1, -0.05) is 35.9 Å². The van der Waals surface area contributed by atoms with Gasteiger partial charge in [-0.2, -0.15) is 0 Å². The van der Waals surface area contributed by atoms with Crippen LogP contribution in [0.15, 0.2) is 59.1 Å². The van der Waals surface area contributed by atoms with Gasteiger partial charge in [0.1, 0.15) is 0 Å². The number of hydrogen-bond acceptors (Lipinski definition) is 5. The quantitative estimate of drug-likeness (QED) is 0.747. The van der Waals surface area contributed by atoms with Gasteiger partial charge in [0, 0.05) is 30.9 Å². The number of hydrogen-bond donors (Lipinski definition) is 1. The highest BCUT2D eigenvalue weighted by Crippen LogP contribution is 2.25. The van der Waals surface area contributed by atoms with Gasteiger partial charge in [-0.15, -0.1) is 0 Å². The van der Waals surface area contributed by atoms with Gasteiger partial charge in [-0.3, -0.25) is 4.90 Å². The zero-order valence-electron chi connectivity index (χ0n) is 14.9. The highest BCUT2D eigenvalue weighted by atomic mass is 16.5. The van der Waals surface area contributed by atoms with Crippen LogP contribution in [0.2, 0.25) is 0 Å². The monoisotopic (exact) mass is 349 g/mol. The third-order valence-electron chi connectivity index (χ3n) is 4.52. The summed E-state index contributed by atoms with van der Waals surface area (Å²) >= 11 is 0. The van der Waals surface area contributed by atoms with Crippen molar-refractivity contribution in [2.45, 2.75) is 13.5 Å². The Bertz CT molecular complexity index is 852. The Balaban J connectivity index is 1.40. The van der Waals surface area contributed by atoms with Crippen molar-refractivity contribution in [1.29, 1.82) is 0 Å². The summed E-state index contributed by atoms with van der Waals surface area (Å²) in [7, 11) is 0. The van der Waals surface area contributed by atoms with Crippen LogP contribution in [0.5, 0.6) is 0 Å². The van der Waals surface area contributed by atoms with E-state index < -0.39 is 0 Å². The molecule has 0 spiro atoms. The van der Waals surface area contributed by atoms with Crippen molar-refractivity contribution in [2.75, 3.05) is 31.6 Å². The molecule has 1 fully saturated rings. The molecule has 134 valence electrons. The fourth-order valence-corrected chi connectivity index (χ4v) is 3.10. The molecule has 1 aliphatic rings. The van der Waals surface area contributed by atoms with Gasteiger partial charge in [-0.25, -0.2) is 4.98 Å². The summed E-state index contributed by atoms with van der Waals surface area (Å²) in [6, 6.07) is 17.1. The standard InChI is InChI=1S/C21H23N3O2/c1-16-3-2-4-18(13-16)20-14-22-21(26-20)23-19-7-5-17(6-8-19)15-24-9-11-25-12-10-24/h2-8,13-14H,9-12,15H2,1H3,(H,22,23). The highest BCUT2D eigenvalue weighted by molar-refractivity contribution is 5.60. The predicted octanol–water partition coefficient (Wildman–Crippen LogP) is 4.23.